The number of nitrogens with zero attached hydrogens (tertiary/aromatic N) is 1. The molecule has 0 aliphatic rings. The molecule has 0 aliphatic heterocycles. The molecular formula is C14H15N3O2. The number of nitrogens with two attached hydrogens (primary N) is 1. The van der Waals surface area contributed by atoms with Crippen LogP contribution in [0.3, 0.4) is 0 Å². The van der Waals surface area contributed by atoms with Crippen molar-refractivity contribution in [3.8, 4) is 0 Å². The van der Waals surface area contributed by atoms with Gasteiger partial charge in [-0.05, 0) is 31.2 Å². The number of carbonyl (C=O) groups excluding carboxylic acids is 1. The summed E-state index contributed by atoms with van der Waals surface area (Å²) in [6.45, 7) is 1.76. The fraction of sp³-hybridized carbons (Fsp3) is 0.143. The minimum Gasteiger partial charge on any atom is -0.399 e. The summed E-state index contributed by atoms with van der Waals surface area (Å²) in [5.41, 5.74) is 7.45. The van der Waals surface area contributed by atoms with E-state index >= 15 is 0 Å². The van der Waals surface area contributed by atoms with Gasteiger partial charge in [0.2, 0.25) is 0 Å². The molecule has 2 aromatic rings. The van der Waals surface area contributed by atoms with Crippen LogP contribution in [0.25, 0.3) is 0 Å². The maximum absolute atomic E-state index is 12.2. The minimum atomic E-state index is -0.356. The highest BCUT2D eigenvalue weighted by atomic mass is 16.2. The molecule has 1 heterocycles. The highest BCUT2D eigenvalue weighted by Gasteiger charge is 2.16. The molecule has 98 valence electrons. The van der Waals surface area contributed by atoms with Gasteiger partial charge in [-0.3, -0.25) is 9.59 Å². The average molecular weight is 257 g/mol. The van der Waals surface area contributed by atoms with Crippen LogP contribution < -0.4 is 16.1 Å². The summed E-state index contributed by atoms with van der Waals surface area (Å²) in [6, 6.07) is 8.28. The summed E-state index contributed by atoms with van der Waals surface area (Å²) in [5, 5.41) is 0. The number of aromatic nitrogens is 1. The molecule has 19 heavy (non-hydrogen) atoms. The largest absolute Gasteiger partial charge is 0.399 e. The third-order valence-corrected chi connectivity index (χ3v) is 2.87. The molecule has 0 saturated heterocycles. The first-order chi connectivity index (χ1) is 8.99. The van der Waals surface area contributed by atoms with Crippen LogP contribution >= 0.6 is 0 Å². The van der Waals surface area contributed by atoms with Crippen molar-refractivity contribution >= 4 is 17.3 Å². The SMILES string of the molecule is Cc1cc(=O)c(C(=O)N(C)c2ccc(N)cc2)c[nH]1. The zero-order valence-electron chi connectivity index (χ0n) is 10.8. The third kappa shape index (κ3) is 2.65. The Morgan fingerprint density at radius 1 is 1.26 bits per heavy atom. The topological polar surface area (TPSA) is 79.2 Å². The highest BCUT2D eigenvalue weighted by molar-refractivity contribution is 6.05. The van der Waals surface area contributed by atoms with Gasteiger partial charge in [0.1, 0.15) is 5.56 Å². The fourth-order valence-electron chi connectivity index (χ4n) is 1.74. The Balaban J connectivity index is 2.33. The number of hydrogen-bond acceptors (Lipinski definition) is 3. The van der Waals surface area contributed by atoms with E-state index in [4.69, 9.17) is 5.73 Å². The lowest BCUT2D eigenvalue weighted by Crippen LogP contribution is -2.30. The van der Waals surface area contributed by atoms with Crippen LogP contribution in [0.5, 0.6) is 0 Å². The number of benzene rings is 1. The van der Waals surface area contributed by atoms with E-state index in [1.165, 1.54) is 17.2 Å². The average Bonchev–Trinajstić information content (AvgIpc) is 2.38. The zero-order chi connectivity index (χ0) is 14.0. The molecule has 1 aromatic heterocycles. The number of nitrogen functional groups attached to an aromatic ring is 1. The standard InChI is InChI=1S/C14H15N3O2/c1-9-7-13(18)12(8-16-9)14(19)17(2)11-5-3-10(15)4-6-11/h3-8H,15H2,1-2H3,(H,16,18). The first-order valence-electron chi connectivity index (χ1n) is 5.82. The van der Waals surface area contributed by atoms with Crippen LogP contribution in [0.2, 0.25) is 0 Å². The van der Waals surface area contributed by atoms with Gasteiger partial charge >= 0.3 is 0 Å². The van der Waals surface area contributed by atoms with Gasteiger partial charge in [0.25, 0.3) is 5.91 Å². The van der Waals surface area contributed by atoms with Gasteiger partial charge < -0.3 is 15.6 Å². The summed E-state index contributed by atoms with van der Waals surface area (Å²) in [5.74, 6) is -0.356. The number of aryl methyl sites for hydroxylation is 1. The van der Waals surface area contributed by atoms with E-state index in [0.717, 1.165) is 5.69 Å². The van der Waals surface area contributed by atoms with Crippen LogP contribution in [0.1, 0.15) is 16.1 Å². The molecule has 1 aromatic carbocycles. The number of rotatable bonds is 2. The van der Waals surface area contributed by atoms with E-state index in [9.17, 15) is 9.59 Å². The molecule has 1 amide bonds. The number of pyridine rings is 1. The van der Waals surface area contributed by atoms with E-state index in [1.807, 2.05) is 0 Å². The lowest BCUT2D eigenvalue weighted by molar-refractivity contribution is 0.0991. The quantitative estimate of drug-likeness (QED) is 0.801. The lowest BCUT2D eigenvalue weighted by atomic mass is 10.2. The normalized spacial score (nSPS) is 10.2. The number of hydrogen-bond donors (Lipinski definition) is 2. The molecular weight excluding hydrogens is 242 g/mol. The summed E-state index contributed by atoms with van der Waals surface area (Å²) in [4.78, 5) is 28.3. The number of aromatic amines is 1. The molecule has 0 radical (unpaired) electrons. The smallest absolute Gasteiger partial charge is 0.263 e. The molecule has 3 N–H and O–H groups in total. The number of amides is 1. The van der Waals surface area contributed by atoms with Gasteiger partial charge in [-0.25, -0.2) is 0 Å². The monoisotopic (exact) mass is 257 g/mol. The Bertz CT molecular complexity index is 659. The predicted octanol–water partition coefficient (Wildman–Crippen LogP) is 1.54. The first-order valence-corrected chi connectivity index (χ1v) is 5.82. The van der Waals surface area contributed by atoms with E-state index in [-0.39, 0.29) is 16.9 Å². The number of anilines is 2. The van der Waals surface area contributed by atoms with Crippen LogP contribution in [0.15, 0.2) is 41.3 Å². The van der Waals surface area contributed by atoms with Crippen molar-refractivity contribution in [2.75, 3.05) is 17.7 Å². The van der Waals surface area contributed by atoms with Crippen LogP contribution in [-0.4, -0.2) is 17.9 Å². The van der Waals surface area contributed by atoms with Crippen molar-refractivity contribution in [1.29, 1.82) is 0 Å². The van der Waals surface area contributed by atoms with Crippen molar-refractivity contribution in [2.45, 2.75) is 6.92 Å². The molecule has 5 heteroatoms. The Morgan fingerprint density at radius 2 is 1.89 bits per heavy atom. The van der Waals surface area contributed by atoms with E-state index in [1.54, 1.807) is 38.2 Å². The summed E-state index contributed by atoms with van der Waals surface area (Å²) in [7, 11) is 1.62. The fourth-order valence-corrected chi connectivity index (χ4v) is 1.74. The van der Waals surface area contributed by atoms with Crippen molar-refractivity contribution in [3.05, 3.63) is 58.0 Å². The van der Waals surface area contributed by atoms with E-state index < -0.39 is 0 Å². The van der Waals surface area contributed by atoms with Crippen LogP contribution in [0.4, 0.5) is 11.4 Å². The number of carbonyl (C=O) groups is 1. The Morgan fingerprint density at radius 3 is 2.47 bits per heavy atom. The molecule has 0 spiro atoms. The van der Waals surface area contributed by atoms with Crippen molar-refractivity contribution in [3.63, 3.8) is 0 Å². The zero-order valence-corrected chi connectivity index (χ0v) is 10.8. The van der Waals surface area contributed by atoms with Crippen LogP contribution in [0, 0.1) is 6.92 Å². The second kappa shape index (κ2) is 4.97. The Hall–Kier alpha value is -2.56. The first kappa shape index (κ1) is 12.9. The molecule has 5 nitrogen and oxygen atoms in total. The number of H-pyrrole nitrogens is 1. The molecule has 0 unspecified atom stereocenters. The maximum Gasteiger partial charge on any atom is 0.263 e. The summed E-state index contributed by atoms with van der Waals surface area (Å²) in [6.07, 6.45) is 1.44. The maximum atomic E-state index is 12.2. The van der Waals surface area contributed by atoms with Gasteiger partial charge in [-0.2, -0.15) is 0 Å². The molecule has 0 fully saturated rings. The Labute approximate surface area is 110 Å². The third-order valence-electron chi connectivity index (χ3n) is 2.87. The second-order valence-electron chi connectivity index (χ2n) is 4.35. The highest BCUT2D eigenvalue weighted by Crippen LogP contribution is 2.16. The van der Waals surface area contributed by atoms with E-state index in [0.29, 0.717) is 11.4 Å². The van der Waals surface area contributed by atoms with Gasteiger partial charge in [0.15, 0.2) is 5.43 Å². The van der Waals surface area contributed by atoms with Crippen molar-refractivity contribution in [1.82, 2.24) is 4.98 Å². The van der Waals surface area contributed by atoms with Crippen LogP contribution in [-0.2, 0) is 0 Å². The second-order valence-corrected chi connectivity index (χ2v) is 4.35. The summed E-state index contributed by atoms with van der Waals surface area (Å²) >= 11 is 0. The van der Waals surface area contributed by atoms with Gasteiger partial charge in [-0.15, -0.1) is 0 Å². The minimum absolute atomic E-state index is 0.116. The molecule has 0 saturated carbocycles. The van der Waals surface area contributed by atoms with Crippen molar-refractivity contribution < 1.29 is 4.79 Å². The lowest BCUT2D eigenvalue weighted by Gasteiger charge is -2.17. The van der Waals surface area contributed by atoms with Gasteiger partial charge in [0.05, 0.1) is 0 Å². The molecule has 0 atom stereocenters. The van der Waals surface area contributed by atoms with Gasteiger partial charge in [-0.1, -0.05) is 0 Å². The molecule has 0 bridgehead atoms. The van der Waals surface area contributed by atoms with E-state index in [2.05, 4.69) is 4.98 Å². The van der Waals surface area contributed by atoms with Crippen molar-refractivity contribution in [2.24, 2.45) is 0 Å². The van der Waals surface area contributed by atoms with Gasteiger partial charge in [0, 0.05) is 36.4 Å². The Kier molecular flexibility index (Phi) is 3.37. The molecule has 0 aliphatic carbocycles. The predicted molar refractivity (Wildman–Crippen MR) is 75.4 cm³/mol. The summed E-state index contributed by atoms with van der Waals surface area (Å²) < 4.78 is 0. The molecule has 2 rings (SSSR count). The number of nitrogens with one attached hydrogen (secondary N) is 1.